The molecule has 3 aliphatic heterocycles. The van der Waals surface area contributed by atoms with E-state index in [9.17, 15) is 72.9 Å². The maximum Gasteiger partial charge on any atom is 0.346 e. The number of amides is 2. The fourth-order valence-electron chi connectivity index (χ4n) is 8.39. The summed E-state index contributed by atoms with van der Waals surface area (Å²) in [7, 11) is 2.92. The zero-order valence-corrected chi connectivity index (χ0v) is 47.9. The van der Waals surface area contributed by atoms with Crippen LogP contribution in [0.2, 0.25) is 0 Å². The lowest BCUT2D eigenvalue weighted by Crippen LogP contribution is -2.49. The molecule has 2 amide bonds. The third kappa shape index (κ3) is 32.0. The lowest BCUT2D eigenvalue weighted by atomic mass is 10.0. The van der Waals surface area contributed by atoms with Gasteiger partial charge in [-0.05, 0) is 116 Å². The second-order valence-corrected chi connectivity index (χ2v) is 21.6. The van der Waals surface area contributed by atoms with E-state index in [1.807, 2.05) is 41.5 Å². The van der Waals surface area contributed by atoms with E-state index in [-0.39, 0.29) is 86.9 Å². The number of rotatable bonds is 27. The Balaban J connectivity index is 0.00000113. The van der Waals surface area contributed by atoms with Crippen molar-refractivity contribution in [2.24, 2.45) is 40.9 Å². The van der Waals surface area contributed by atoms with Crippen LogP contribution >= 0.6 is 0 Å². The second kappa shape index (κ2) is 39.1. The van der Waals surface area contributed by atoms with Gasteiger partial charge in [-0.1, -0.05) is 54.4 Å². The lowest BCUT2D eigenvalue weighted by Gasteiger charge is -2.29. The number of carbonyl (C=O) groups is 12. The summed E-state index contributed by atoms with van der Waals surface area (Å²) in [5.74, 6) is -10.2. The molecule has 1 saturated carbocycles. The van der Waals surface area contributed by atoms with Crippen molar-refractivity contribution < 1.29 is 102 Å². The number of hydrogen-bond acceptors (Lipinski definition) is 21. The number of likely N-dealkylation sites (N-methyl/N-ethyl adjacent to an activating group) is 2. The monoisotopic (exact) mass is 1160 g/mol. The van der Waals surface area contributed by atoms with Crippen molar-refractivity contribution in [3.8, 4) is 0 Å². The predicted octanol–water partition coefficient (Wildman–Crippen LogP) is -0.0350. The number of nitrogens with two attached hydrogens (primary N) is 3. The topological polar surface area (TPSA) is 475 Å². The highest BCUT2D eigenvalue weighted by Crippen LogP contribution is 2.24. The predicted molar refractivity (Wildman–Crippen MR) is 287 cm³/mol. The molecule has 3 heterocycles. The molecule has 0 bridgehead atoms. The van der Waals surface area contributed by atoms with Crippen molar-refractivity contribution >= 4 is 71.5 Å². The van der Waals surface area contributed by atoms with Crippen LogP contribution in [0.5, 0.6) is 0 Å². The lowest BCUT2D eigenvalue weighted by molar-refractivity contribution is -0.170. The zero-order valence-electron chi connectivity index (χ0n) is 47.9. The summed E-state index contributed by atoms with van der Waals surface area (Å²) >= 11 is 0. The van der Waals surface area contributed by atoms with Gasteiger partial charge in [-0.15, -0.1) is 0 Å². The van der Waals surface area contributed by atoms with Gasteiger partial charge in [0.05, 0.1) is 5.92 Å². The molecular weight excluding hydrogens is 1070 g/mol. The van der Waals surface area contributed by atoms with Gasteiger partial charge in [0, 0.05) is 25.9 Å². The maximum absolute atomic E-state index is 12.7. The first-order chi connectivity index (χ1) is 37.7. The summed E-state index contributed by atoms with van der Waals surface area (Å²) in [4.78, 5) is 138. The van der Waals surface area contributed by atoms with Crippen LogP contribution in [0.25, 0.3) is 0 Å². The first-order valence-electron chi connectivity index (χ1n) is 27.2. The molecule has 1 aliphatic carbocycles. The van der Waals surface area contributed by atoms with E-state index in [0.29, 0.717) is 12.8 Å². The van der Waals surface area contributed by atoms with E-state index in [1.165, 1.54) is 23.9 Å². The van der Waals surface area contributed by atoms with Crippen LogP contribution in [0.1, 0.15) is 138 Å². The third-order valence-corrected chi connectivity index (χ3v) is 12.9. The Morgan fingerprint density at radius 3 is 1.36 bits per heavy atom. The van der Waals surface area contributed by atoms with Gasteiger partial charge in [-0.3, -0.25) is 43.4 Å². The SMILES string of the molecule is CC(C)C[C@@H](C(=O)O)N(C)CC(OC(=O)[C@@H](N)CCC(N)=O)C(=O)O.CC(C)C[C@H](N)C(=O)OC(=O)[C@H](CC(C)C)N(C)CC(OC(=O)[C@@H]1CCC(=O)N1)C(=O)O.O=C(O)C1CCCC1.O=C(O)[C@@H]1CCCN1.O=C(O)[C@@H]1CCCN1. The summed E-state index contributed by atoms with van der Waals surface area (Å²) in [5.41, 5.74) is 16.3. The molecular formula is C52H90N8O21. The maximum atomic E-state index is 12.7. The molecule has 2 unspecified atom stereocenters. The van der Waals surface area contributed by atoms with E-state index >= 15 is 0 Å². The number of primary amides is 1. The summed E-state index contributed by atoms with van der Waals surface area (Å²) in [6, 6.07) is -5.43. The van der Waals surface area contributed by atoms with Crippen LogP contribution in [0.4, 0.5) is 0 Å². The van der Waals surface area contributed by atoms with Crippen molar-refractivity contribution in [3.63, 3.8) is 0 Å². The minimum atomic E-state index is -1.58. The minimum absolute atomic E-state index is 0.0185. The van der Waals surface area contributed by atoms with Crippen LogP contribution in [-0.2, 0) is 71.7 Å². The van der Waals surface area contributed by atoms with Crippen molar-refractivity contribution in [1.29, 1.82) is 0 Å². The Labute approximate surface area is 472 Å². The third-order valence-electron chi connectivity index (χ3n) is 12.9. The molecule has 81 heavy (non-hydrogen) atoms. The van der Waals surface area contributed by atoms with Crippen LogP contribution in [0.15, 0.2) is 0 Å². The first-order valence-corrected chi connectivity index (χ1v) is 27.2. The quantitative estimate of drug-likeness (QED) is 0.0292. The number of carboxylic acids is 6. The molecule has 29 nitrogen and oxygen atoms in total. The Morgan fingerprint density at radius 1 is 0.556 bits per heavy atom. The van der Waals surface area contributed by atoms with Crippen LogP contribution in [0, 0.1) is 23.7 Å². The molecule has 15 N–H and O–H groups in total. The van der Waals surface area contributed by atoms with Gasteiger partial charge in [0.2, 0.25) is 24.0 Å². The van der Waals surface area contributed by atoms with Crippen LogP contribution in [0.3, 0.4) is 0 Å². The van der Waals surface area contributed by atoms with Gasteiger partial charge >= 0.3 is 59.7 Å². The number of carbonyl (C=O) groups excluding carboxylic acids is 6. The van der Waals surface area contributed by atoms with Gasteiger partial charge in [0.25, 0.3) is 0 Å². The molecule has 464 valence electrons. The van der Waals surface area contributed by atoms with E-state index < -0.39 is 108 Å². The average Bonchev–Trinajstić information content (AvgIpc) is 4.23. The fourth-order valence-corrected chi connectivity index (χ4v) is 8.39. The number of hydrogen-bond donors (Lipinski definition) is 12. The van der Waals surface area contributed by atoms with E-state index in [2.05, 4.69) is 16.0 Å². The second-order valence-electron chi connectivity index (χ2n) is 21.6. The normalized spacial score (nSPS) is 19.7. The Morgan fingerprint density at radius 2 is 1.01 bits per heavy atom. The Hall–Kier alpha value is -6.40. The number of carboxylic acid groups (broad SMARTS) is 6. The smallest absolute Gasteiger partial charge is 0.346 e. The zero-order chi connectivity index (χ0) is 62.3. The molecule has 4 rings (SSSR count). The van der Waals surface area contributed by atoms with Crippen LogP contribution in [-0.4, -0.2) is 207 Å². The van der Waals surface area contributed by atoms with E-state index in [1.54, 1.807) is 0 Å². The molecule has 0 spiro atoms. The van der Waals surface area contributed by atoms with Crippen molar-refractivity contribution in [1.82, 2.24) is 25.8 Å². The van der Waals surface area contributed by atoms with Gasteiger partial charge in [-0.2, -0.15) is 0 Å². The summed E-state index contributed by atoms with van der Waals surface area (Å²) in [6.45, 7) is 12.3. The number of ether oxygens (including phenoxy) is 3. The molecule has 0 radical (unpaired) electrons. The van der Waals surface area contributed by atoms with Crippen molar-refractivity contribution in [2.75, 3.05) is 40.3 Å². The highest BCUT2D eigenvalue weighted by atomic mass is 16.6. The number of nitrogens with one attached hydrogen (secondary N) is 3. The number of esters is 4. The van der Waals surface area contributed by atoms with Gasteiger partial charge in [-0.25, -0.2) is 24.0 Å². The Kier molecular flexibility index (Phi) is 36.0. The summed E-state index contributed by atoms with van der Waals surface area (Å²) in [6.07, 6.45) is 5.55. The Bertz CT molecular complexity index is 2000. The van der Waals surface area contributed by atoms with Crippen LogP contribution < -0.4 is 33.2 Å². The van der Waals surface area contributed by atoms with Gasteiger partial charge in [0.1, 0.15) is 42.3 Å². The van der Waals surface area contributed by atoms with Crippen molar-refractivity contribution in [3.05, 3.63) is 0 Å². The highest BCUT2D eigenvalue weighted by Gasteiger charge is 2.37. The van der Waals surface area contributed by atoms with E-state index in [0.717, 1.165) is 64.5 Å². The number of nitrogens with zero attached hydrogens (tertiary/aromatic N) is 2. The molecule has 29 heteroatoms. The molecule has 3 saturated heterocycles. The molecule has 4 fully saturated rings. The average molecular weight is 1160 g/mol. The molecule has 9 atom stereocenters. The molecule has 4 aliphatic rings. The number of aliphatic carboxylic acids is 6. The highest BCUT2D eigenvalue weighted by molar-refractivity contribution is 5.91. The largest absolute Gasteiger partial charge is 0.481 e. The van der Waals surface area contributed by atoms with Gasteiger partial charge in [0.15, 0.2) is 0 Å². The summed E-state index contributed by atoms with van der Waals surface area (Å²) in [5, 5.41) is 61.2. The molecule has 0 aromatic rings. The van der Waals surface area contributed by atoms with E-state index in [4.69, 9.17) is 46.7 Å². The minimum Gasteiger partial charge on any atom is -0.481 e. The van der Waals surface area contributed by atoms with Crippen molar-refractivity contribution in [2.45, 2.75) is 192 Å². The molecule has 0 aromatic carbocycles. The first kappa shape index (κ1) is 74.6. The summed E-state index contributed by atoms with van der Waals surface area (Å²) < 4.78 is 14.9. The fraction of sp³-hybridized carbons (Fsp3) is 0.769. The molecule has 0 aromatic heterocycles. The van der Waals surface area contributed by atoms with Gasteiger partial charge < -0.3 is 78.0 Å². The standard InChI is InChI=1S/C21H35N3O8.C15H27N3O7.C6H10O2.2C5H9NO2/c1-11(2)8-13(22)19(28)32-21(30)15(9-12(3)4)24(5)10-16(18(26)27)31-20(29)14-6-7-17(25)23-14;1-8(2)6-10(13(20)21)18(3)7-11(14(22)23)25-15(24)9(16)4-5-12(17)19;7-6(8)5-3-1-2-4-5;2*7-5(8)4-2-1-3-6-4/h11-16H,6-10,22H2,1-5H3,(H,23,25)(H,26,27);8-11H,4-7,16H2,1-3H3,(H2,17,19)(H,20,21)(H,22,23);5H,1-4H2,(H,7,8);2*4,6H,1-3H2,(H,7,8)/t13-,14-,15-,16?;9-,10-,11?;;2*4-/m00.00/s1.